The van der Waals surface area contributed by atoms with E-state index in [9.17, 15) is 4.79 Å². The van der Waals surface area contributed by atoms with Crippen molar-refractivity contribution in [1.29, 1.82) is 0 Å². The van der Waals surface area contributed by atoms with Gasteiger partial charge in [-0.1, -0.05) is 36.4 Å². The van der Waals surface area contributed by atoms with E-state index in [0.717, 1.165) is 5.56 Å². The van der Waals surface area contributed by atoms with E-state index in [0.29, 0.717) is 6.54 Å². The molecule has 1 aromatic rings. The summed E-state index contributed by atoms with van der Waals surface area (Å²) < 4.78 is 0. The van der Waals surface area contributed by atoms with E-state index in [2.05, 4.69) is 5.32 Å². The van der Waals surface area contributed by atoms with E-state index in [1.807, 2.05) is 37.3 Å². The number of carbonyl (C=O) groups excluding carboxylic acids is 1. The Morgan fingerprint density at radius 3 is 2.67 bits per heavy atom. The van der Waals surface area contributed by atoms with Gasteiger partial charge in [0.15, 0.2) is 0 Å². The summed E-state index contributed by atoms with van der Waals surface area (Å²) >= 11 is 0. The smallest absolute Gasteiger partial charge is 0.321 e. The molecule has 0 atom stereocenters. The Morgan fingerprint density at radius 2 is 2.07 bits per heavy atom. The van der Waals surface area contributed by atoms with Gasteiger partial charge in [0.05, 0.1) is 0 Å². The molecule has 3 heteroatoms. The first kappa shape index (κ1) is 11.3. The lowest BCUT2D eigenvalue weighted by Crippen LogP contribution is -2.33. The number of allylic oxidation sites excluding steroid dienone is 1. The molecule has 0 saturated carbocycles. The molecule has 3 nitrogen and oxygen atoms in total. The maximum absolute atomic E-state index is 11.5. The number of rotatable bonds is 3. The van der Waals surface area contributed by atoms with Crippen LogP contribution in [0.25, 0.3) is 0 Å². The molecule has 0 saturated heterocycles. The average molecular weight is 204 g/mol. The maximum Gasteiger partial charge on any atom is 0.321 e. The number of hydrogen-bond acceptors (Lipinski definition) is 1. The predicted molar refractivity (Wildman–Crippen MR) is 61.3 cm³/mol. The summed E-state index contributed by atoms with van der Waals surface area (Å²) in [5.41, 5.74) is 1.12. The molecule has 0 bridgehead atoms. The minimum atomic E-state index is -0.100. The van der Waals surface area contributed by atoms with Gasteiger partial charge in [0, 0.05) is 19.8 Å². The Labute approximate surface area is 90.4 Å². The van der Waals surface area contributed by atoms with E-state index >= 15 is 0 Å². The standard InChI is InChI=1S/C12H16N2O/c1-3-9-13-12(15)14(2)10-11-7-5-4-6-8-11/h3-9H,10H2,1-2H3,(H,13,15)/b9-3+. The molecule has 2 amide bonds. The summed E-state index contributed by atoms with van der Waals surface area (Å²) in [4.78, 5) is 13.1. The lowest BCUT2D eigenvalue weighted by atomic mass is 10.2. The van der Waals surface area contributed by atoms with Crippen LogP contribution in [0.5, 0.6) is 0 Å². The van der Waals surface area contributed by atoms with Crippen LogP contribution >= 0.6 is 0 Å². The summed E-state index contributed by atoms with van der Waals surface area (Å²) in [6.45, 7) is 2.47. The zero-order valence-electron chi connectivity index (χ0n) is 9.10. The number of urea groups is 1. The van der Waals surface area contributed by atoms with Gasteiger partial charge in [-0.05, 0) is 12.5 Å². The number of nitrogens with one attached hydrogen (secondary N) is 1. The van der Waals surface area contributed by atoms with Crippen molar-refractivity contribution in [2.24, 2.45) is 0 Å². The van der Waals surface area contributed by atoms with Crippen LogP contribution < -0.4 is 5.32 Å². The number of benzene rings is 1. The fraction of sp³-hybridized carbons (Fsp3) is 0.250. The molecule has 0 aromatic heterocycles. The lowest BCUT2D eigenvalue weighted by molar-refractivity contribution is 0.210. The van der Waals surface area contributed by atoms with Crippen molar-refractivity contribution in [3.8, 4) is 0 Å². The van der Waals surface area contributed by atoms with Crippen molar-refractivity contribution in [2.75, 3.05) is 7.05 Å². The molecule has 0 radical (unpaired) electrons. The normalized spacial score (nSPS) is 10.3. The largest absolute Gasteiger partial charge is 0.323 e. The molecule has 1 aromatic carbocycles. The second kappa shape index (κ2) is 5.86. The second-order valence-electron chi connectivity index (χ2n) is 3.29. The Morgan fingerprint density at radius 1 is 1.40 bits per heavy atom. The molecular weight excluding hydrogens is 188 g/mol. The fourth-order valence-electron chi connectivity index (χ4n) is 1.19. The first-order valence-corrected chi connectivity index (χ1v) is 4.90. The minimum Gasteiger partial charge on any atom is -0.323 e. The van der Waals surface area contributed by atoms with Gasteiger partial charge in [-0.15, -0.1) is 0 Å². The second-order valence-corrected chi connectivity index (χ2v) is 3.29. The van der Waals surface area contributed by atoms with Gasteiger partial charge in [-0.2, -0.15) is 0 Å². The molecule has 0 aliphatic carbocycles. The van der Waals surface area contributed by atoms with Gasteiger partial charge < -0.3 is 10.2 Å². The van der Waals surface area contributed by atoms with Crippen LogP contribution in [0.15, 0.2) is 42.6 Å². The fourth-order valence-corrected chi connectivity index (χ4v) is 1.19. The van der Waals surface area contributed by atoms with Gasteiger partial charge in [0.1, 0.15) is 0 Å². The summed E-state index contributed by atoms with van der Waals surface area (Å²) in [6, 6.07) is 9.79. The zero-order valence-corrected chi connectivity index (χ0v) is 9.10. The van der Waals surface area contributed by atoms with Gasteiger partial charge in [-0.3, -0.25) is 0 Å². The van der Waals surface area contributed by atoms with Crippen molar-refractivity contribution < 1.29 is 4.79 Å². The van der Waals surface area contributed by atoms with Gasteiger partial charge in [0.2, 0.25) is 0 Å². The Hall–Kier alpha value is -1.77. The Kier molecular flexibility index (Phi) is 4.41. The monoisotopic (exact) mass is 204 g/mol. The Bertz CT molecular complexity index is 333. The molecular formula is C12H16N2O. The van der Waals surface area contributed by atoms with Crippen LogP contribution in [-0.4, -0.2) is 18.0 Å². The molecule has 1 rings (SSSR count). The van der Waals surface area contributed by atoms with Gasteiger partial charge in [-0.25, -0.2) is 4.79 Å². The lowest BCUT2D eigenvalue weighted by Gasteiger charge is -2.16. The van der Waals surface area contributed by atoms with Crippen molar-refractivity contribution >= 4 is 6.03 Å². The number of hydrogen-bond donors (Lipinski definition) is 1. The molecule has 0 fully saturated rings. The molecule has 0 unspecified atom stereocenters. The third-order valence-corrected chi connectivity index (χ3v) is 1.98. The highest BCUT2D eigenvalue weighted by Gasteiger charge is 2.05. The average Bonchev–Trinajstić information content (AvgIpc) is 2.27. The number of amides is 2. The summed E-state index contributed by atoms with van der Waals surface area (Å²) in [5.74, 6) is 0. The van der Waals surface area contributed by atoms with Crippen molar-refractivity contribution in [2.45, 2.75) is 13.5 Å². The number of carbonyl (C=O) groups is 1. The molecule has 0 heterocycles. The van der Waals surface area contributed by atoms with Crippen LogP contribution in [-0.2, 0) is 6.54 Å². The Balaban J connectivity index is 2.48. The van der Waals surface area contributed by atoms with Crippen LogP contribution in [0.2, 0.25) is 0 Å². The molecule has 1 N–H and O–H groups in total. The summed E-state index contributed by atoms with van der Waals surface area (Å²) in [7, 11) is 1.77. The number of nitrogens with zero attached hydrogens (tertiary/aromatic N) is 1. The van der Waals surface area contributed by atoms with E-state index in [1.165, 1.54) is 0 Å². The van der Waals surface area contributed by atoms with Crippen molar-refractivity contribution in [3.63, 3.8) is 0 Å². The highest BCUT2D eigenvalue weighted by molar-refractivity contribution is 5.74. The highest BCUT2D eigenvalue weighted by Crippen LogP contribution is 2.02. The maximum atomic E-state index is 11.5. The van der Waals surface area contributed by atoms with Crippen molar-refractivity contribution in [3.05, 3.63) is 48.2 Å². The molecule has 0 aliphatic heterocycles. The summed E-state index contributed by atoms with van der Waals surface area (Å²) in [6.07, 6.45) is 3.41. The first-order chi connectivity index (χ1) is 7.24. The highest BCUT2D eigenvalue weighted by atomic mass is 16.2. The molecule has 15 heavy (non-hydrogen) atoms. The van der Waals surface area contributed by atoms with Crippen LogP contribution in [0, 0.1) is 0 Å². The quantitative estimate of drug-likeness (QED) is 0.805. The summed E-state index contributed by atoms with van der Waals surface area (Å²) in [5, 5.41) is 2.66. The van der Waals surface area contributed by atoms with Crippen LogP contribution in [0.3, 0.4) is 0 Å². The van der Waals surface area contributed by atoms with Crippen LogP contribution in [0.4, 0.5) is 4.79 Å². The van der Waals surface area contributed by atoms with Crippen LogP contribution in [0.1, 0.15) is 12.5 Å². The predicted octanol–water partition coefficient (Wildman–Crippen LogP) is 2.36. The molecule has 80 valence electrons. The minimum absolute atomic E-state index is 0.100. The van der Waals surface area contributed by atoms with Crippen molar-refractivity contribution in [1.82, 2.24) is 10.2 Å². The van der Waals surface area contributed by atoms with E-state index < -0.39 is 0 Å². The molecule has 0 spiro atoms. The van der Waals surface area contributed by atoms with E-state index in [-0.39, 0.29) is 6.03 Å². The van der Waals surface area contributed by atoms with E-state index in [4.69, 9.17) is 0 Å². The third-order valence-electron chi connectivity index (χ3n) is 1.98. The van der Waals surface area contributed by atoms with Gasteiger partial charge >= 0.3 is 6.03 Å². The molecule has 0 aliphatic rings. The SMILES string of the molecule is C/C=C/NC(=O)N(C)Cc1ccccc1. The zero-order chi connectivity index (χ0) is 11.1. The first-order valence-electron chi connectivity index (χ1n) is 4.90. The topological polar surface area (TPSA) is 32.3 Å². The van der Waals surface area contributed by atoms with Gasteiger partial charge in [0.25, 0.3) is 0 Å². The van der Waals surface area contributed by atoms with E-state index in [1.54, 1.807) is 24.2 Å². The third kappa shape index (κ3) is 3.85.